The molecule has 0 aliphatic rings. The number of nitrogens with zero attached hydrogens (tertiary/aromatic N) is 4. The Kier molecular flexibility index (Phi) is 7.77. The number of halogens is 1. The third-order valence-electron chi connectivity index (χ3n) is 4.74. The summed E-state index contributed by atoms with van der Waals surface area (Å²) in [5.41, 5.74) is 4.45. The number of pyridine rings is 4. The zero-order valence-corrected chi connectivity index (χ0v) is 19.5. The Morgan fingerprint density at radius 1 is 0.706 bits per heavy atom. The summed E-state index contributed by atoms with van der Waals surface area (Å²) in [4.78, 5) is 22.3. The lowest BCUT2D eigenvalue weighted by atomic mass is 9.82. The number of aromatic nitrogens is 6. The average molecular weight is 515 g/mol. The summed E-state index contributed by atoms with van der Waals surface area (Å²) in [7, 11) is -1.40. The molecule has 34 heavy (non-hydrogen) atoms. The summed E-state index contributed by atoms with van der Waals surface area (Å²) in [6.45, 7) is 0. The number of aromatic amines is 2. The van der Waals surface area contributed by atoms with Crippen LogP contribution in [0.2, 0.25) is 0 Å². The maximum atomic E-state index is 8.54. The number of hydrogen-bond donors (Lipinski definition) is 4. The van der Waals surface area contributed by atoms with Crippen molar-refractivity contribution in [2.45, 2.75) is 0 Å². The molecule has 6 aromatic rings. The topological polar surface area (TPSA) is 124 Å². The van der Waals surface area contributed by atoms with E-state index >= 15 is 0 Å². The summed E-state index contributed by atoms with van der Waals surface area (Å²) in [6, 6.07) is 15.3. The Hall–Kier alpha value is -3.86. The first-order valence-corrected chi connectivity index (χ1v) is 11.1. The summed E-state index contributed by atoms with van der Waals surface area (Å²) in [5, 5.41) is 19.3. The first-order valence-electron chi connectivity index (χ1n) is 10.3. The predicted octanol–water partition coefficient (Wildman–Crippen LogP) is 3.71. The second-order valence-electron chi connectivity index (χ2n) is 7.11. The third kappa shape index (κ3) is 6.13. The quantitative estimate of drug-likeness (QED) is 0.261. The van der Waals surface area contributed by atoms with Gasteiger partial charge in [-0.3, -0.25) is 9.97 Å². The van der Waals surface area contributed by atoms with Crippen molar-refractivity contribution in [2.24, 2.45) is 0 Å². The largest absolute Gasteiger partial charge is 0.490 e. The highest BCUT2D eigenvalue weighted by Crippen LogP contribution is 2.20. The van der Waals surface area contributed by atoms with Crippen LogP contribution in [0.5, 0.6) is 0 Å². The van der Waals surface area contributed by atoms with Crippen LogP contribution < -0.4 is 5.46 Å². The summed E-state index contributed by atoms with van der Waals surface area (Å²) in [6.07, 6.45) is 14.0. The maximum Gasteiger partial charge on any atom is 0.490 e. The van der Waals surface area contributed by atoms with Crippen LogP contribution in [0.15, 0.2) is 103 Å². The maximum absolute atomic E-state index is 8.54. The van der Waals surface area contributed by atoms with Crippen molar-refractivity contribution in [2.75, 3.05) is 0 Å². The van der Waals surface area contributed by atoms with Crippen LogP contribution in [-0.4, -0.2) is 47.1 Å². The average Bonchev–Trinajstić information content (AvgIpc) is 3.54. The van der Waals surface area contributed by atoms with Crippen molar-refractivity contribution in [3.63, 3.8) is 0 Å². The van der Waals surface area contributed by atoms with E-state index in [0.29, 0.717) is 5.46 Å². The van der Waals surface area contributed by atoms with Gasteiger partial charge in [0.2, 0.25) is 0 Å². The van der Waals surface area contributed by atoms with Crippen molar-refractivity contribution in [1.82, 2.24) is 29.9 Å². The fraction of sp³-hybridized carbons (Fsp3) is 0. The van der Waals surface area contributed by atoms with Crippen molar-refractivity contribution in [3.05, 3.63) is 103 Å². The molecule has 0 aliphatic heterocycles. The summed E-state index contributed by atoms with van der Waals surface area (Å²) in [5.74, 6) is 0. The van der Waals surface area contributed by atoms with Crippen molar-refractivity contribution < 1.29 is 10.0 Å². The molecule has 0 aliphatic carbocycles. The normalized spacial score (nSPS) is 10.2. The molecule has 0 radical (unpaired) electrons. The molecule has 0 aromatic carbocycles. The Labute approximate surface area is 204 Å². The lowest BCUT2D eigenvalue weighted by molar-refractivity contribution is 0.425. The second-order valence-corrected chi connectivity index (χ2v) is 8.03. The molecule has 0 spiro atoms. The van der Waals surface area contributed by atoms with Gasteiger partial charge in [0.15, 0.2) is 0 Å². The Bertz CT molecular complexity index is 1460. The van der Waals surface area contributed by atoms with Crippen LogP contribution >= 0.6 is 15.9 Å². The van der Waals surface area contributed by atoms with E-state index in [1.807, 2.05) is 55.1 Å². The smallest absolute Gasteiger partial charge is 0.423 e. The number of rotatable bonds is 2. The van der Waals surface area contributed by atoms with Gasteiger partial charge in [0, 0.05) is 81.4 Å². The van der Waals surface area contributed by atoms with Crippen LogP contribution in [0.25, 0.3) is 33.2 Å². The van der Waals surface area contributed by atoms with Gasteiger partial charge < -0.3 is 20.0 Å². The Balaban J connectivity index is 0.000000127. The molecular weight excluding hydrogens is 495 g/mol. The van der Waals surface area contributed by atoms with E-state index in [1.54, 1.807) is 30.7 Å². The van der Waals surface area contributed by atoms with Crippen LogP contribution in [0.1, 0.15) is 0 Å². The van der Waals surface area contributed by atoms with Crippen LogP contribution in [0, 0.1) is 0 Å². The van der Waals surface area contributed by atoms with Crippen LogP contribution in [0.3, 0.4) is 0 Å². The molecule has 0 saturated heterocycles. The number of nitrogens with one attached hydrogen (secondary N) is 2. The minimum atomic E-state index is -1.40. The van der Waals surface area contributed by atoms with Gasteiger partial charge in [-0.25, -0.2) is 9.97 Å². The van der Waals surface area contributed by atoms with E-state index in [-0.39, 0.29) is 0 Å². The van der Waals surface area contributed by atoms with E-state index in [9.17, 15) is 0 Å². The highest BCUT2D eigenvalue weighted by molar-refractivity contribution is 9.10. The molecule has 6 heterocycles. The zero-order valence-electron chi connectivity index (χ0n) is 17.9. The minimum Gasteiger partial charge on any atom is -0.423 e. The molecule has 0 saturated carbocycles. The molecule has 6 aromatic heterocycles. The van der Waals surface area contributed by atoms with E-state index in [0.717, 1.165) is 37.7 Å². The first-order chi connectivity index (χ1) is 16.6. The SMILES string of the molecule is Brc1cnc2[nH]ccc2c1.OB(O)c1cccnc1.c1cncc(-c2cnc3[nH]ccc3c2)c1. The summed E-state index contributed by atoms with van der Waals surface area (Å²) < 4.78 is 1.01. The van der Waals surface area contributed by atoms with Crippen molar-refractivity contribution in [1.29, 1.82) is 0 Å². The number of hydrogen-bond acceptors (Lipinski definition) is 6. The van der Waals surface area contributed by atoms with Crippen LogP contribution in [-0.2, 0) is 0 Å². The Morgan fingerprint density at radius 2 is 1.35 bits per heavy atom. The highest BCUT2D eigenvalue weighted by Gasteiger charge is 2.08. The first kappa shape index (κ1) is 23.3. The molecular formula is C24H20BBrN6O2. The minimum absolute atomic E-state index is 0.414. The van der Waals surface area contributed by atoms with E-state index in [1.165, 1.54) is 6.20 Å². The lowest BCUT2D eigenvalue weighted by Gasteiger charge is -1.99. The highest BCUT2D eigenvalue weighted by atomic mass is 79.9. The van der Waals surface area contributed by atoms with Gasteiger partial charge >= 0.3 is 7.12 Å². The Morgan fingerprint density at radius 3 is 1.94 bits per heavy atom. The van der Waals surface area contributed by atoms with Crippen LogP contribution in [0.4, 0.5) is 0 Å². The molecule has 0 unspecified atom stereocenters. The fourth-order valence-electron chi connectivity index (χ4n) is 3.07. The number of fused-ring (bicyclic) bond motifs is 2. The second kappa shape index (κ2) is 11.3. The molecule has 6 rings (SSSR count). The molecule has 0 amide bonds. The molecule has 0 atom stereocenters. The molecule has 168 valence electrons. The monoisotopic (exact) mass is 514 g/mol. The van der Waals surface area contributed by atoms with E-state index < -0.39 is 7.12 Å². The molecule has 0 bridgehead atoms. The predicted molar refractivity (Wildman–Crippen MR) is 137 cm³/mol. The lowest BCUT2D eigenvalue weighted by Crippen LogP contribution is -2.29. The molecule has 10 heteroatoms. The number of H-pyrrole nitrogens is 2. The van der Waals surface area contributed by atoms with Gasteiger partial charge in [-0.15, -0.1) is 0 Å². The third-order valence-corrected chi connectivity index (χ3v) is 5.18. The molecule has 8 nitrogen and oxygen atoms in total. The molecule has 0 fully saturated rings. The standard InChI is InChI=1S/C12H9N3.C7H5BrN2.C5H6BNO2/c1-2-10(7-13-4-1)11-6-9-3-5-14-12(9)15-8-11;8-6-3-5-1-2-9-7(5)10-4-6;8-6(9)5-2-1-3-7-4-5/h1-8H,(H,14,15);1-4H,(H,9,10);1-4,8-9H. The van der Waals surface area contributed by atoms with E-state index in [2.05, 4.69) is 51.9 Å². The van der Waals surface area contributed by atoms with Crippen molar-refractivity contribution >= 4 is 50.6 Å². The van der Waals surface area contributed by atoms with Gasteiger partial charge in [-0.1, -0.05) is 12.1 Å². The van der Waals surface area contributed by atoms with E-state index in [4.69, 9.17) is 10.0 Å². The molecule has 4 N–H and O–H groups in total. The van der Waals surface area contributed by atoms with Gasteiger partial charge in [-0.05, 0) is 52.3 Å². The fourth-order valence-corrected chi connectivity index (χ4v) is 3.42. The zero-order chi connectivity index (χ0) is 23.8. The van der Waals surface area contributed by atoms with Crippen molar-refractivity contribution in [3.8, 4) is 11.1 Å². The van der Waals surface area contributed by atoms with Gasteiger partial charge in [-0.2, -0.15) is 0 Å². The van der Waals surface area contributed by atoms with Gasteiger partial charge in [0.25, 0.3) is 0 Å². The summed E-state index contributed by atoms with van der Waals surface area (Å²) >= 11 is 3.34. The van der Waals surface area contributed by atoms with Gasteiger partial charge in [0.05, 0.1) is 0 Å². The van der Waals surface area contributed by atoms with Gasteiger partial charge in [0.1, 0.15) is 11.3 Å².